The number of hydrogen-bond acceptors (Lipinski definition) is 3. The van der Waals surface area contributed by atoms with Gasteiger partial charge in [-0.25, -0.2) is 0 Å². The summed E-state index contributed by atoms with van der Waals surface area (Å²) >= 11 is 11.9. The summed E-state index contributed by atoms with van der Waals surface area (Å²) in [6.45, 7) is 0.275. The zero-order valence-electron chi connectivity index (χ0n) is 8.59. The summed E-state index contributed by atoms with van der Waals surface area (Å²) in [4.78, 5) is 13.1. The molecular weight excluding hydrogens is 251 g/mol. The first-order chi connectivity index (χ1) is 7.52. The molecule has 1 aromatic rings. The van der Waals surface area contributed by atoms with E-state index in [4.69, 9.17) is 33.7 Å². The first kappa shape index (κ1) is 11.4. The molecular formula is C10H10Cl2N2O2. The van der Waals surface area contributed by atoms with Crippen LogP contribution >= 0.6 is 23.2 Å². The molecule has 16 heavy (non-hydrogen) atoms. The minimum absolute atomic E-state index is 0.0672. The van der Waals surface area contributed by atoms with Crippen molar-refractivity contribution >= 4 is 40.5 Å². The third-order valence-electron chi connectivity index (χ3n) is 2.47. The molecule has 1 aliphatic heterocycles. The van der Waals surface area contributed by atoms with Gasteiger partial charge in [-0.1, -0.05) is 23.2 Å². The predicted molar refractivity (Wildman–Crippen MR) is 64.4 cm³/mol. The second-order valence-corrected chi connectivity index (χ2v) is 4.30. The number of hydrogen-bond donors (Lipinski definition) is 1. The van der Waals surface area contributed by atoms with Gasteiger partial charge in [-0.2, -0.15) is 0 Å². The molecule has 1 heterocycles. The van der Waals surface area contributed by atoms with Gasteiger partial charge in [0.1, 0.15) is 5.69 Å². The normalized spacial score (nSPS) is 15.4. The van der Waals surface area contributed by atoms with Gasteiger partial charge >= 0.3 is 0 Å². The van der Waals surface area contributed by atoms with Crippen molar-refractivity contribution < 1.29 is 9.53 Å². The fourth-order valence-electron chi connectivity index (χ4n) is 1.59. The molecule has 0 aliphatic carbocycles. The highest BCUT2D eigenvalue weighted by molar-refractivity contribution is 6.39. The Morgan fingerprint density at radius 1 is 1.44 bits per heavy atom. The second-order valence-electron chi connectivity index (χ2n) is 3.48. The standard InChI is InChI=1S/C10H10Cl2N2O2/c1-14-7(15)2-3-16-10-8(13)5(11)4-6(12)9(10)14/h4H,2-3,13H2,1H3. The molecule has 0 radical (unpaired) electrons. The number of nitrogens with two attached hydrogens (primary N) is 1. The number of carbonyl (C=O) groups excluding carboxylic acids is 1. The summed E-state index contributed by atoms with van der Waals surface area (Å²) in [6.07, 6.45) is 0.290. The number of anilines is 2. The summed E-state index contributed by atoms with van der Waals surface area (Å²) in [5.41, 5.74) is 6.58. The third-order valence-corrected chi connectivity index (χ3v) is 3.07. The monoisotopic (exact) mass is 260 g/mol. The Bertz CT molecular complexity index is 463. The van der Waals surface area contributed by atoms with Gasteiger partial charge in [-0.15, -0.1) is 0 Å². The molecule has 0 bridgehead atoms. The second kappa shape index (κ2) is 4.03. The molecule has 0 spiro atoms. The summed E-state index contributed by atoms with van der Waals surface area (Å²) in [6, 6.07) is 1.51. The molecule has 1 aliphatic rings. The molecule has 1 amide bonds. The molecule has 0 saturated carbocycles. The lowest BCUT2D eigenvalue weighted by Crippen LogP contribution is -2.25. The Morgan fingerprint density at radius 2 is 2.12 bits per heavy atom. The summed E-state index contributed by atoms with van der Waals surface area (Å²) in [5.74, 6) is 0.313. The molecule has 86 valence electrons. The fraction of sp³-hybridized carbons (Fsp3) is 0.300. The number of amides is 1. The topological polar surface area (TPSA) is 55.6 Å². The van der Waals surface area contributed by atoms with Gasteiger partial charge in [0, 0.05) is 7.05 Å². The highest BCUT2D eigenvalue weighted by Gasteiger charge is 2.25. The number of ether oxygens (including phenoxy) is 1. The lowest BCUT2D eigenvalue weighted by atomic mass is 10.2. The van der Waals surface area contributed by atoms with Crippen LogP contribution in [0.25, 0.3) is 0 Å². The molecule has 0 saturated heterocycles. The van der Waals surface area contributed by atoms with Crippen LogP contribution in [0.2, 0.25) is 10.0 Å². The highest BCUT2D eigenvalue weighted by Crippen LogP contribution is 2.45. The van der Waals surface area contributed by atoms with Gasteiger partial charge in [0.15, 0.2) is 5.75 Å². The van der Waals surface area contributed by atoms with Crippen LogP contribution in [0.3, 0.4) is 0 Å². The van der Waals surface area contributed by atoms with E-state index in [0.717, 1.165) is 0 Å². The first-order valence-corrected chi connectivity index (χ1v) is 5.44. The van der Waals surface area contributed by atoms with Gasteiger partial charge in [-0.3, -0.25) is 4.79 Å². The summed E-state index contributed by atoms with van der Waals surface area (Å²) in [5, 5.41) is 0.679. The number of benzene rings is 1. The maximum absolute atomic E-state index is 11.6. The van der Waals surface area contributed by atoms with Crippen LogP contribution in [-0.4, -0.2) is 19.6 Å². The van der Waals surface area contributed by atoms with Crippen LogP contribution < -0.4 is 15.4 Å². The smallest absolute Gasteiger partial charge is 0.230 e. The van der Waals surface area contributed by atoms with E-state index >= 15 is 0 Å². The van der Waals surface area contributed by atoms with E-state index in [1.165, 1.54) is 11.0 Å². The molecule has 1 aromatic carbocycles. The first-order valence-electron chi connectivity index (χ1n) is 4.69. The van der Waals surface area contributed by atoms with Crippen molar-refractivity contribution in [2.45, 2.75) is 6.42 Å². The Morgan fingerprint density at radius 3 is 2.81 bits per heavy atom. The van der Waals surface area contributed by atoms with E-state index < -0.39 is 0 Å². The maximum atomic E-state index is 11.6. The lowest BCUT2D eigenvalue weighted by molar-refractivity contribution is -0.118. The quantitative estimate of drug-likeness (QED) is 0.729. The van der Waals surface area contributed by atoms with Crippen LogP contribution in [0.1, 0.15) is 6.42 Å². The van der Waals surface area contributed by atoms with Crippen molar-refractivity contribution in [2.24, 2.45) is 0 Å². The lowest BCUT2D eigenvalue weighted by Gasteiger charge is -2.19. The number of rotatable bonds is 0. The van der Waals surface area contributed by atoms with Crippen molar-refractivity contribution in [3.8, 4) is 5.75 Å². The van der Waals surface area contributed by atoms with Gasteiger partial charge in [0.2, 0.25) is 5.91 Å². The molecule has 0 fully saturated rings. The molecule has 0 unspecified atom stereocenters. The zero-order valence-corrected chi connectivity index (χ0v) is 10.1. The van der Waals surface area contributed by atoms with Crippen LogP contribution in [-0.2, 0) is 4.79 Å². The number of nitrogen functional groups attached to an aromatic ring is 1. The Hall–Kier alpha value is -1.13. The Kier molecular flexibility index (Phi) is 2.86. The van der Waals surface area contributed by atoms with Gasteiger partial charge < -0.3 is 15.4 Å². The fourth-order valence-corrected chi connectivity index (χ4v) is 2.17. The average molecular weight is 261 g/mol. The van der Waals surface area contributed by atoms with Crippen molar-refractivity contribution in [3.05, 3.63) is 16.1 Å². The van der Waals surface area contributed by atoms with Gasteiger partial charge in [0.05, 0.1) is 28.8 Å². The minimum Gasteiger partial charge on any atom is -0.489 e. The Labute approximate surface area is 103 Å². The highest BCUT2D eigenvalue weighted by atomic mass is 35.5. The maximum Gasteiger partial charge on any atom is 0.230 e. The SMILES string of the molecule is CN1C(=O)CCOc2c(N)c(Cl)cc(Cl)c21. The number of halogens is 2. The summed E-state index contributed by atoms with van der Waals surface area (Å²) in [7, 11) is 1.63. The van der Waals surface area contributed by atoms with E-state index in [1.54, 1.807) is 7.05 Å². The van der Waals surface area contributed by atoms with Gasteiger partial charge in [0.25, 0.3) is 0 Å². The van der Waals surface area contributed by atoms with Crippen molar-refractivity contribution in [1.29, 1.82) is 0 Å². The van der Waals surface area contributed by atoms with Crippen LogP contribution in [0.5, 0.6) is 5.75 Å². The van der Waals surface area contributed by atoms with Crippen molar-refractivity contribution in [1.82, 2.24) is 0 Å². The summed E-state index contributed by atoms with van der Waals surface area (Å²) < 4.78 is 5.43. The third kappa shape index (κ3) is 1.68. The van der Waals surface area contributed by atoms with E-state index in [-0.39, 0.29) is 12.5 Å². The number of nitrogens with zero attached hydrogens (tertiary/aromatic N) is 1. The molecule has 0 atom stereocenters. The van der Waals surface area contributed by atoms with Crippen LogP contribution in [0.15, 0.2) is 6.07 Å². The molecule has 0 aromatic heterocycles. The van der Waals surface area contributed by atoms with E-state index in [0.29, 0.717) is 33.6 Å². The van der Waals surface area contributed by atoms with Crippen LogP contribution in [0.4, 0.5) is 11.4 Å². The molecule has 6 heteroatoms. The minimum atomic E-state index is -0.0672. The van der Waals surface area contributed by atoms with E-state index in [2.05, 4.69) is 0 Å². The van der Waals surface area contributed by atoms with Gasteiger partial charge in [-0.05, 0) is 6.07 Å². The molecule has 2 rings (SSSR count). The van der Waals surface area contributed by atoms with Crippen LogP contribution in [0, 0.1) is 0 Å². The number of carbonyl (C=O) groups is 1. The Balaban J connectivity index is 2.68. The van der Waals surface area contributed by atoms with Crippen molar-refractivity contribution in [3.63, 3.8) is 0 Å². The number of fused-ring (bicyclic) bond motifs is 1. The van der Waals surface area contributed by atoms with E-state index in [9.17, 15) is 4.79 Å². The average Bonchev–Trinajstić information content (AvgIpc) is 2.37. The largest absolute Gasteiger partial charge is 0.489 e. The van der Waals surface area contributed by atoms with E-state index in [1.807, 2.05) is 0 Å². The predicted octanol–water partition coefficient (Wildman–Crippen LogP) is 2.32. The van der Waals surface area contributed by atoms with Crippen molar-refractivity contribution in [2.75, 3.05) is 24.3 Å². The molecule has 4 nitrogen and oxygen atoms in total. The zero-order chi connectivity index (χ0) is 11.9. The molecule has 2 N–H and O–H groups in total.